The van der Waals surface area contributed by atoms with Gasteiger partial charge in [0, 0.05) is 43.6 Å². The lowest BCUT2D eigenvalue weighted by molar-refractivity contribution is 0.0724. The van der Waals surface area contributed by atoms with Crippen LogP contribution in [0.3, 0.4) is 0 Å². The number of sulfone groups is 1. The van der Waals surface area contributed by atoms with Gasteiger partial charge in [-0.1, -0.05) is 17.2 Å². The van der Waals surface area contributed by atoms with Crippen molar-refractivity contribution in [3.63, 3.8) is 0 Å². The summed E-state index contributed by atoms with van der Waals surface area (Å²) in [4.78, 5) is 30.6. The zero-order chi connectivity index (χ0) is 30.9. The first-order chi connectivity index (χ1) is 19.7. The van der Waals surface area contributed by atoms with Crippen molar-refractivity contribution in [2.75, 3.05) is 26.2 Å². The number of fused-ring (bicyclic) bond motifs is 1. The number of benzene rings is 1. The molecule has 224 valence electrons. The summed E-state index contributed by atoms with van der Waals surface area (Å²) in [5.74, 6) is -0.740. The Labute approximate surface area is 242 Å². The Bertz CT molecular complexity index is 1720. The maximum absolute atomic E-state index is 13.8. The number of carbonyl (C=O) groups excluding carboxylic acids is 2. The monoisotopic (exact) mass is 619 g/mol. The van der Waals surface area contributed by atoms with Crippen LogP contribution in [-0.2, 0) is 44.3 Å². The van der Waals surface area contributed by atoms with E-state index in [-0.39, 0.29) is 55.9 Å². The molecule has 1 aromatic carbocycles. The van der Waals surface area contributed by atoms with Crippen molar-refractivity contribution in [2.24, 2.45) is 12.2 Å². The highest BCUT2D eigenvalue weighted by Crippen LogP contribution is 2.49. The fraction of sp³-hybridized carbons (Fsp3) is 0.520. The average molecular weight is 620 g/mol. The molecule has 15 nitrogen and oxygen atoms in total. The number of aromatic nitrogens is 2. The Morgan fingerprint density at radius 2 is 1.95 bits per heavy atom. The second-order valence-corrected chi connectivity index (χ2v) is 14.7. The number of hydrogen-bond donors (Lipinski definition) is 1. The van der Waals surface area contributed by atoms with E-state index in [0.717, 1.165) is 12.5 Å². The largest absolute Gasteiger partial charge is 0.397 e. The maximum Gasteiger partial charge on any atom is 0.397 e. The molecular weight excluding hydrogens is 590 g/mol. The van der Waals surface area contributed by atoms with Gasteiger partial charge in [-0.05, 0) is 55.8 Å². The number of ketones is 1. The molecule has 2 heterocycles. The number of nitriles is 1. The minimum atomic E-state index is -4.98. The summed E-state index contributed by atoms with van der Waals surface area (Å²) in [7, 11) is -7.74. The zero-order valence-corrected chi connectivity index (χ0v) is 24.6. The van der Waals surface area contributed by atoms with E-state index < -0.39 is 48.8 Å². The van der Waals surface area contributed by atoms with Crippen LogP contribution < -0.4 is 0 Å². The van der Waals surface area contributed by atoms with Crippen molar-refractivity contribution < 1.29 is 35.2 Å². The Morgan fingerprint density at radius 3 is 2.52 bits per heavy atom. The minimum absolute atomic E-state index is 0.124. The number of nitrogens with zero attached hydrogens (tertiary/aromatic N) is 7. The lowest BCUT2D eigenvalue weighted by atomic mass is 9.98. The normalized spacial score (nSPS) is 17.5. The molecule has 42 heavy (non-hydrogen) atoms. The fourth-order valence-corrected chi connectivity index (χ4v) is 8.11. The highest BCUT2D eigenvalue weighted by Gasteiger charge is 2.62. The third kappa shape index (κ3) is 6.03. The van der Waals surface area contributed by atoms with Crippen LogP contribution in [0.2, 0.25) is 0 Å². The molecule has 1 aromatic heterocycles. The van der Waals surface area contributed by atoms with Crippen molar-refractivity contribution >= 4 is 31.9 Å². The van der Waals surface area contributed by atoms with Gasteiger partial charge in [0.05, 0.1) is 23.0 Å². The predicted octanol–water partition coefficient (Wildman–Crippen LogP) is 1.94. The molecule has 4 rings (SSSR count). The molecular formula is C25H29N7O8S2. The van der Waals surface area contributed by atoms with E-state index >= 15 is 0 Å². The lowest BCUT2D eigenvalue weighted by Crippen LogP contribution is -2.54. The quantitative estimate of drug-likeness (QED) is 0.113. The van der Waals surface area contributed by atoms with Gasteiger partial charge in [0.25, 0.3) is 5.91 Å². The number of amides is 1. The van der Waals surface area contributed by atoms with E-state index in [1.165, 1.54) is 16.6 Å². The van der Waals surface area contributed by atoms with Crippen LogP contribution in [0, 0.1) is 11.3 Å². The summed E-state index contributed by atoms with van der Waals surface area (Å²) in [6, 6.07) is 8.93. The van der Waals surface area contributed by atoms with E-state index in [4.69, 9.17) is 15.3 Å². The molecule has 1 aliphatic carbocycles. The molecule has 1 fully saturated rings. The molecule has 0 saturated heterocycles. The first kappa shape index (κ1) is 31.1. The molecule has 0 bridgehead atoms. The van der Waals surface area contributed by atoms with Crippen LogP contribution in [0.5, 0.6) is 0 Å². The van der Waals surface area contributed by atoms with Gasteiger partial charge < -0.3 is 4.90 Å². The molecule has 1 N–H and O–H groups in total. The minimum Gasteiger partial charge on any atom is -0.335 e. The van der Waals surface area contributed by atoms with Gasteiger partial charge >= 0.3 is 10.4 Å². The molecule has 0 spiro atoms. The van der Waals surface area contributed by atoms with Crippen molar-refractivity contribution in [1.29, 1.82) is 5.26 Å². The third-order valence-corrected chi connectivity index (χ3v) is 11.4. The maximum atomic E-state index is 13.8. The predicted molar refractivity (Wildman–Crippen MR) is 147 cm³/mol. The Hall–Kier alpha value is -3.81. The first-order valence-corrected chi connectivity index (χ1v) is 15.8. The smallest absolute Gasteiger partial charge is 0.335 e. The molecule has 0 radical (unpaired) electrons. The fourth-order valence-electron chi connectivity index (χ4n) is 5.18. The summed E-state index contributed by atoms with van der Waals surface area (Å²) in [6.07, 6.45) is 1.18. The van der Waals surface area contributed by atoms with E-state index in [2.05, 4.69) is 19.3 Å². The van der Waals surface area contributed by atoms with Crippen LogP contribution in [-0.4, -0.2) is 83.5 Å². The topological polar surface area (TPSA) is 225 Å². The molecule has 2 aliphatic rings. The van der Waals surface area contributed by atoms with Gasteiger partial charge in [-0.3, -0.25) is 18.8 Å². The van der Waals surface area contributed by atoms with Crippen LogP contribution in [0.15, 0.2) is 29.4 Å². The summed E-state index contributed by atoms with van der Waals surface area (Å²) in [5, 5.41) is 16.6. The SMILES string of the molecule is Cn1nc(C(=O)CCc2ccc(C#N)cc2)c2c1C(=O)N(CC1(S(=O)(=O)C(C)(CN=[N+]=[N-])COS(=O)(=O)O)CC1)CC2. The Kier molecular flexibility index (Phi) is 8.50. The number of carbonyl (C=O) groups is 2. The summed E-state index contributed by atoms with van der Waals surface area (Å²) < 4.78 is 61.3. The molecule has 2 aromatic rings. The van der Waals surface area contributed by atoms with Gasteiger partial charge in [0.2, 0.25) is 0 Å². The highest BCUT2D eigenvalue weighted by molar-refractivity contribution is 7.94. The number of rotatable bonds is 13. The molecule has 1 atom stereocenters. The van der Waals surface area contributed by atoms with Gasteiger partial charge in [-0.2, -0.15) is 18.8 Å². The van der Waals surface area contributed by atoms with E-state index in [9.17, 15) is 26.4 Å². The number of azide groups is 1. The van der Waals surface area contributed by atoms with Gasteiger partial charge in [-0.25, -0.2) is 12.6 Å². The number of aryl methyl sites for hydroxylation is 2. The number of Topliss-reactive ketones (excluding diaryl/α,β-unsaturated/α-hetero) is 1. The second-order valence-electron chi connectivity index (χ2n) is 10.7. The summed E-state index contributed by atoms with van der Waals surface area (Å²) in [5.41, 5.74) is 11.0. The molecule has 1 saturated carbocycles. The standard InChI is InChI=1S/C25H29N7O8S2/c1-24(14-28-30-27,16-40-42(37,38)39)41(35,36)25(10-11-25)15-32-12-9-19-21(29-31(2)22(19)23(32)34)20(33)8-7-17-3-5-18(13-26)6-4-17/h3-6H,7-12,14-16H2,1-2H3,(H,37,38,39). The molecule has 1 unspecified atom stereocenters. The van der Waals surface area contributed by atoms with Crippen molar-refractivity contribution in [2.45, 2.75) is 48.5 Å². The lowest BCUT2D eigenvalue weighted by Gasteiger charge is -2.36. The van der Waals surface area contributed by atoms with Gasteiger partial charge in [-0.15, -0.1) is 0 Å². The van der Waals surface area contributed by atoms with Crippen LogP contribution in [0.1, 0.15) is 63.9 Å². The molecule has 1 aliphatic heterocycles. The Balaban J connectivity index is 1.52. The average Bonchev–Trinajstić information content (AvgIpc) is 3.66. The van der Waals surface area contributed by atoms with E-state index in [1.54, 1.807) is 24.3 Å². The van der Waals surface area contributed by atoms with E-state index in [1.807, 2.05) is 6.07 Å². The third-order valence-electron chi connectivity index (χ3n) is 7.74. The van der Waals surface area contributed by atoms with Crippen molar-refractivity contribution in [1.82, 2.24) is 14.7 Å². The summed E-state index contributed by atoms with van der Waals surface area (Å²) in [6.45, 7) is -0.563. The van der Waals surface area contributed by atoms with E-state index in [0.29, 0.717) is 17.5 Å². The molecule has 17 heteroatoms. The van der Waals surface area contributed by atoms with Crippen LogP contribution in [0.25, 0.3) is 10.4 Å². The van der Waals surface area contributed by atoms with Crippen LogP contribution in [0.4, 0.5) is 0 Å². The van der Waals surface area contributed by atoms with Gasteiger partial charge in [0.1, 0.15) is 16.1 Å². The second kappa shape index (κ2) is 11.5. The number of hydrogen-bond acceptors (Lipinski definition) is 10. The van der Waals surface area contributed by atoms with Crippen LogP contribution >= 0.6 is 0 Å². The summed E-state index contributed by atoms with van der Waals surface area (Å²) >= 11 is 0. The molecule has 1 amide bonds. The zero-order valence-electron chi connectivity index (χ0n) is 22.9. The highest BCUT2D eigenvalue weighted by atomic mass is 32.3. The van der Waals surface area contributed by atoms with Gasteiger partial charge in [0.15, 0.2) is 15.6 Å². The van der Waals surface area contributed by atoms with Crippen molar-refractivity contribution in [3.8, 4) is 6.07 Å². The van der Waals surface area contributed by atoms with Crippen molar-refractivity contribution in [3.05, 3.63) is 62.8 Å². The Morgan fingerprint density at radius 1 is 1.29 bits per heavy atom. The first-order valence-electron chi connectivity index (χ1n) is 12.9.